The molecule has 0 aliphatic heterocycles. The third-order valence-electron chi connectivity index (χ3n) is 2.41. The van der Waals surface area contributed by atoms with Gasteiger partial charge in [0.25, 0.3) is 0 Å². The summed E-state index contributed by atoms with van der Waals surface area (Å²) >= 11 is 0. The molecule has 5 heteroatoms. The molecule has 0 amide bonds. The molecule has 0 saturated carbocycles. The number of aromatic nitrogens is 1. The lowest BCUT2D eigenvalue weighted by atomic mass is 10.1. The maximum absolute atomic E-state index is 13.7. The molecule has 0 saturated heterocycles. The molecule has 1 rings (SSSR count). The first-order valence-corrected chi connectivity index (χ1v) is 5.64. The Balaban J connectivity index is 2.59. The second-order valence-electron chi connectivity index (χ2n) is 3.58. The summed E-state index contributed by atoms with van der Waals surface area (Å²) < 4.78 is 23.6. The number of hydrogen-bond acceptors (Lipinski definition) is 4. The molecule has 0 spiro atoms. The Morgan fingerprint density at radius 2 is 2.29 bits per heavy atom. The molecule has 1 atom stereocenters. The minimum Gasteiger partial charge on any atom is -0.479 e. The molecular formula is C12H18FNO3. The first-order valence-electron chi connectivity index (χ1n) is 5.64. The van der Waals surface area contributed by atoms with Gasteiger partial charge in [-0.05, 0) is 25.8 Å². The van der Waals surface area contributed by atoms with Crippen LogP contribution in [0.15, 0.2) is 12.3 Å². The van der Waals surface area contributed by atoms with Gasteiger partial charge in [-0.2, -0.15) is 0 Å². The van der Waals surface area contributed by atoms with Gasteiger partial charge in [-0.3, -0.25) is 0 Å². The Kier molecular flexibility index (Phi) is 5.86. The Bertz CT molecular complexity index is 347. The zero-order valence-corrected chi connectivity index (χ0v) is 10.1. The summed E-state index contributed by atoms with van der Waals surface area (Å²) in [5.41, 5.74) is 0.216. The van der Waals surface area contributed by atoms with Crippen LogP contribution in [0.2, 0.25) is 0 Å². The van der Waals surface area contributed by atoms with Gasteiger partial charge in [0.15, 0.2) is 5.82 Å². The number of aliphatic hydroxyl groups excluding tert-OH is 1. The minimum atomic E-state index is -0.854. The quantitative estimate of drug-likeness (QED) is 0.745. The summed E-state index contributed by atoms with van der Waals surface area (Å²) in [4.78, 5) is 3.72. The van der Waals surface area contributed by atoms with Crippen LogP contribution in [-0.2, 0) is 4.74 Å². The standard InChI is InChI=1S/C12H18FNO3/c1-3-17-8-4-5-10(15)9-6-7-14-12(16-2)11(9)13/h6-7,10,15H,3-5,8H2,1-2H3. The van der Waals surface area contributed by atoms with Crippen molar-refractivity contribution in [3.05, 3.63) is 23.6 Å². The van der Waals surface area contributed by atoms with Crippen molar-refractivity contribution in [2.24, 2.45) is 0 Å². The van der Waals surface area contributed by atoms with Crippen LogP contribution < -0.4 is 4.74 Å². The van der Waals surface area contributed by atoms with Crippen molar-refractivity contribution in [1.29, 1.82) is 0 Å². The van der Waals surface area contributed by atoms with Crippen molar-refractivity contribution >= 4 is 0 Å². The van der Waals surface area contributed by atoms with Gasteiger partial charge in [-0.25, -0.2) is 9.37 Å². The van der Waals surface area contributed by atoms with Crippen LogP contribution in [0.25, 0.3) is 0 Å². The lowest BCUT2D eigenvalue weighted by Gasteiger charge is -2.12. The fourth-order valence-electron chi connectivity index (χ4n) is 1.52. The third-order valence-corrected chi connectivity index (χ3v) is 2.41. The summed E-state index contributed by atoms with van der Waals surface area (Å²) in [5.74, 6) is -0.690. The van der Waals surface area contributed by atoms with Crippen molar-refractivity contribution < 1.29 is 19.0 Å². The van der Waals surface area contributed by atoms with Gasteiger partial charge in [0.05, 0.1) is 13.2 Å². The Labute approximate surface area is 100 Å². The summed E-state index contributed by atoms with van der Waals surface area (Å²) in [6.45, 7) is 3.12. The third kappa shape index (κ3) is 3.94. The fourth-order valence-corrected chi connectivity index (χ4v) is 1.52. The van der Waals surface area contributed by atoms with Gasteiger partial charge in [-0.1, -0.05) is 0 Å². The van der Waals surface area contributed by atoms with E-state index < -0.39 is 11.9 Å². The van der Waals surface area contributed by atoms with Gasteiger partial charge in [0.1, 0.15) is 0 Å². The molecule has 0 aromatic carbocycles. The molecule has 0 fully saturated rings. The van der Waals surface area contributed by atoms with Gasteiger partial charge in [0.2, 0.25) is 5.88 Å². The largest absolute Gasteiger partial charge is 0.479 e. The maximum atomic E-state index is 13.7. The fraction of sp³-hybridized carbons (Fsp3) is 0.583. The lowest BCUT2D eigenvalue weighted by molar-refractivity contribution is 0.112. The van der Waals surface area contributed by atoms with Gasteiger partial charge >= 0.3 is 0 Å². The van der Waals surface area contributed by atoms with Gasteiger partial charge < -0.3 is 14.6 Å². The van der Waals surface area contributed by atoms with Gasteiger partial charge in [0, 0.05) is 25.0 Å². The summed E-state index contributed by atoms with van der Waals surface area (Å²) in [5, 5.41) is 9.84. The molecule has 1 aromatic rings. The number of aliphatic hydroxyl groups is 1. The molecule has 1 N–H and O–H groups in total. The highest BCUT2D eigenvalue weighted by molar-refractivity contribution is 5.25. The summed E-state index contributed by atoms with van der Waals surface area (Å²) in [7, 11) is 1.34. The zero-order chi connectivity index (χ0) is 12.7. The van der Waals surface area contributed by atoms with Crippen LogP contribution in [0.1, 0.15) is 31.4 Å². The highest BCUT2D eigenvalue weighted by Crippen LogP contribution is 2.25. The first kappa shape index (κ1) is 13.9. The molecule has 0 aliphatic rings. The van der Waals surface area contributed by atoms with Gasteiger partial charge in [-0.15, -0.1) is 0 Å². The molecule has 0 bridgehead atoms. The van der Waals surface area contributed by atoms with E-state index in [1.807, 2.05) is 6.92 Å². The van der Waals surface area contributed by atoms with Crippen molar-refractivity contribution in [3.8, 4) is 5.88 Å². The van der Waals surface area contributed by atoms with E-state index in [2.05, 4.69) is 4.98 Å². The van der Waals surface area contributed by atoms with Crippen LogP contribution in [-0.4, -0.2) is 30.4 Å². The number of ether oxygens (including phenoxy) is 2. The monoisotopic (exact) mass is 243 g/mol. The molecule has 1 aromatic heterocycles. The van der Waals surface area contributed by atoms with Crippen molar-refractivity contribution in [2.45, 2.75) is 25.9 Å². The molecule has 1 unspecified atom stereocenters. The van der Waals surface area contributed by atoms with E-state index in [0.717, 1.165) is 0 Å². The topological polar surface area (TPSA) is 51.6 Å². The molecule has 96 valence electrons. The van der Waals surface area contributed by atoms with Crippen LogP contribution >= 0.6 is 0 Å². The van der Waals surface area contributed by atoms with E-state index in [9.17, 15) is 9.50 Å². The van der Waals surface area contributed by atoms with Crippen molar-refractivity contribution in [2.75, 3.05) is 20.3 Å². The second kappa shape index (κ2) is 7.19. The molecular weight excluding hydrogens is 225 g/mol. The van der Waals surface area contributed by atoms with E-state index in [0.29, 0.717) is 26.1 Å². The Hall–Kier alpha value is -1.20. The van der Waals surface area contributed by atoms with E-state index in [1.54, 1.807) is 0 Å². The molecule has 17 heavy (non-hydrogen) atoms. The first-order chi connectivity index (χ1) is 8.20. The Morgan fingerprint density at radius 1 is 1.53 bits per heavy atom. The van der Waals surface area contributed by atoms with Crippen LogP contribution in [0.4, 0.5) is 4.39 Å². The van der Waals surface area contributed by atoms with E-state index in [1.165, 1.54) is 19.4 Å². The number of nitrogens with zero attached hydrogens (tertiary/aromatic N) is 1. The number of halogens is 1. The molecule has 4 nitrogen and oxygen atoms in total. The number of methoxy groups -OCH3 is 1. The maximum Gasteiger partial charge on any atom is 0.250 e. The number of pyridine rings is 1. The number of rotatable bonds is 7. The van der Waals surface area contributed by atoms with E-state index >= 15 is 0 Å². The summed E-state index contributed by atoms with van der Waals surface area (Å²) in [6, 6.07) is 1.46. The van der Waals surface area contributed by atoms with Crippen molar-refractivity contribution in [1.82, 2.24) is 4.98 Å². The summed E-state index contributed by atoms with van der Waals surface area (Å²) in [6.07, 6.45) is 1.69. The molecule has 0 radical (unpaired) electrons. The predicted molar refractivity (Wildman–Crippen MR) is 61.4 cm³/mol. The highest BCUT2D eigenvalue weighted by Gasteiger charge is 2.16. The average Bonchev–Trinajstić information content (AvgIpc) is 2.34. The van der Waals surface area contributed by atoms with Crippen molar-refractivity contribution in [3.63, 3.8) is 0 Å². The zero-order valence-electron chi connectivity index (χ0n) is 10.1. The minimum absolute atomic E-state index is 0.0913. The molecule has 0 aliphatic carbocycles. The van der Waals surface area contributed by atoms with Crippen LogP contribution in [0, 0.1) is 5.82 Å². The molecule has 1 heterocycles. The highest BCUT2D eigenvalue weighted by atomic mass is 19.1. The number of hydrogen-bond donors (Lipinski definition) is 1. The smallest absolute Gasteiger partial charge is 0.250 e. The lowest BCUT2D eigenvalue weighted by Crippen LogP contribution is -2.05. The normalized spacial score (nSPS) is 12.5. The van der Waals surface area contributed by atoms with E-state index in [4.69, 9.17) is 9.47 Å². The average molecular weight is 243 g/mol. The Morgan fingerprint density at radius 3 is 2.94 bits per heavy atom. The van der Waals surface area contributed by atoms with Crippen LogP contribution in [0.5, 0.6) is 5.88 Å². The van der Waals surface area contributed by atoms with Crippen LogP contribution in [0.3, 0.4) is 0 Å². The van der Waals surface area contributed by atoms with E-state index in [-0.39, 0.29) is 11.4 Å². The second-order valence-corrected chi connectivity index (χ2v) is 3.58. The SMILES string of the molecule is CCOCCCC(O)c1ccnc(OC)c1F. The predicted octanol–water partition coefficient (Wildman–Crippen LogP) is 2.08.